The Kier molecular flexibility index (Phi) is 3.24. The number of hydrogen-bond acceptors (Lipinski definition) is 5. The zero-order chi connectivity index (χ0) is 14.8. The van der Waals surface area contributed by atoms with Gasteiger partial charge in [-0.1, -0.05) is 0 Å². The van der Waals surface area contributed by atoms with Crippen LogP contribution >= 0.6 is 0 Å². The van der Waals surface area contributed by atoms with Crippen LogP contribution in [0.3, 0.4) is 0 Å². The summed E-state index contributed by atoms with van der Waals surface area (Å²) in [6.45, 7) is 0.394. The van der Waals surface area contributed by atoms with E-state index < -0.39 is 5.82 Å². The number of phenolic OH excluding ortho intramolecular Hbond substituents is 1. The van der Waals surface area contributed by atoms with E-state index >= 15 is 0 Å². The zero-order valence-corrected chi connectivity index (χ0v) is 10.9. The molecular formula is C15H11FN2O3. The first-order chi connectivity index (χ1) is 10.2. The molecule has 0 unspecified atom stereocenters. The molecular weight excluding hydrogens is 275 g/mol. The van der Waals surface area contributed by atoms with Crippen LogP contribution in [0.2, 0.25) is 0 Å². The quantitative estimate of drug-likeness (QED) is 0.907. The third-order valence-electron chi connectivity index (χ3n) is 3.15. The maximum atomic E-state index is 13.1. The van der Waals surface area contributed by atoms with Gasteiger partial charge >= 0.3 is 0 Å². The fourth-order valence-corrected chi connectivity index (χ4v) is 2.07. The van der Waals surface area contributed by atoms with E-state index in [1.165, 1.54) is 18.2 Å². The number of nitrogens with zero attached hydrogens (tertiary/aromatic N) is 1. The minimum absolute atomic E-state index is 0.0624. The average Bonchev–Trinajstić information content (AvgIpc) is 2.92. The van der Waals surface area contributed by atoms with Crippen LogP contribution in [0.1, 0.15) is 11.1 Å². The summed E-state index contributed by atoms with van der Waals surface area (Å²) in [7, 11) is 0. The highest BCUT2D eigenvalue weighted by Crippen LogP contribution is 2.37. The number of ether oxygens (including phenoxy) is 2. The van der Waals surface area contributed by atoms with Crippen LogP contribution in [0.25, 0.3) is 0 Å². The van der Waals surface area contributed by atoms with E-state index in [-0.39, 0.29) is 24.7 Å². The number of aromatic hydroxyl groups is 1. The second-order valence-electron chi connectivity index (χ2n) is 4.49. The van der Waals surface area contributed by atoms with Crippen molar-refractivity contribution in [2.24, 2.45) is 0 Å². The molecule has 1 heterocycles. The van der Waals surface area contributed by atoms with Gasteiger partial charge in [0.25, 0.3) is 0 Å². The molecule has 3 rings (SSSR count). The number of nitrogens with one attached hydrogen (secondary N) is 1. The first-order valence-corrected chi connectivity index (χ1v) is 6.22. The van der Waals surface area contributed by atoms with Crippen LogP contribution < -0.4 is 14.8 Å². The maximum absolute atomic E-state index is 13.1. The topological polar surface area (TPSA) is 74.5 Å². The lowest BCUT2D eigenvalue weighted by molar-refractivity contribution is 0.174. The van der Waals surface area contributed by atoms with Gasteiger partial charge < -0.3 is 19.9 Å². The number of nitriles is 1. The Morgan fingerprint density at radius 2 is 2.00 bits per heavy atom. The molecule has 0 saturated carbocycles. The van der Waals surface area contributed by atoms with Crippen LogP contribution in [0.4, 0.5) is 10.1 Å². The van der Waals surface area contributed by atoms with E-state index in [2.05, 4.69) is 5.32 Å². The van der Waals surface area contributed by atoms with Gasteiger partial charge in [-0.05, 0) is 24.3 Å². The summed E-state index contributed by atoms with van der Waals surface area (Å²) in [5.41, 5.74) is 1.29. The van der Waals surface area contributed by atoms with Crippen LogP contribution in [0.5, 0.6) is 17.2 Å². The van der Waals surface area contributed by atoms with Crippen molar-refractivity contribution in [1.29, 1.82) is 5.26 Å². The van der Waals surface area contributed by atoms with Gasteiger partial charge in [0.2, 0.25) is 6.79 Å². The number of phenols is 1. The summed E-state index contributed by atoms with van der Waals surface area (Å²) in [4.78, 5) is 0. The van der Waals surface area contributed by atoms with E-state index in [0.29, 0.717) is 22.7 Å². The smallest absolute Gasteiger partial charge is 0.231 e. The molecule has 0 spiro atoms. The highest BCUT2D eigenvalue weighted by Gasteiger charge is 2.17. The van der Waals surface area contributed by atoms with Crippen molar-refractivity contribution in [3.05, 3.63) is 47.3 Å². The van der Waals surface area contributed by atoms with Crippen LogP contribution in [-0.2, 0) is 6.54 Å². The molecule has 0 fully saturated rings. The molecule has 0 bridgehead atoms. The fraction of sp³-hybridized carbons (Fsp3) is 0.133. The molecule has 0 aromatic heterocycles. The number of hydrogen-bond donors (Lipinski definition) is 2. The van der Waals surface area contributed by atoms with Crippen molar-refractivity contribution in [1.82, 2.24) is 0 Å². The molecule has 21 heavy (non-hydrogen) atoms. The second kappa shape index (κ2) is 5.21. The van der Waals surface area contributed by atoms with Gasteiger partial charge in [-0.25, -0.2) is 4.39 Å². The zero-order valence-electron chi connectivity index (χ0n) is 10.9. The highest BCUT2D eigenvalue weighted by atomic mass is 19.1. The summed E-state index contributed by atoms with van der Waals surface area (Å²) < 4.78 is 23.5. The van der Waals surface area contributed by atoms with E-state index in [9.17, 15) is 9.50 Å². The van der Waals surface area contributed by atoms with Gasteiger partial charge in [-0.3, -0.25) is 0 Å². The average molecular weight is 286 g/mol. The molecule has 2 aromatic rings. The molecule has 0 amide bonds. The molecule has 5 nitrogen and oxygen atoms in total. The van der Waals surface area contributed by atoms with Crippen molar-refractivity contribution < 1.29 is 19.0 Å². The standard InChI is InChI=1S/C15H11FN2O3/c16-11-1-2-12(9(3-11)6-17)18-7-10-4-14-15(5-13(10)19)21-8-20-14/h1-5,18-19H,7-8H2. The molecule has 6 heteroatoms. The van der Waals surface area contributed by atoms with Crippen molar-refractivity contribution in [2.45, 2.75) is 6.54 Å². The summed E-state index contributed by atoms with van der Waals surface area (Å²) in [6.07, 6.45) is 0. The minimum atomic E-state index is -0.469. The number of halogens is 1. The Bertz CT molecular complexity index is 740. The molecule has 106 valence electrons. The van der Waals surface area contributed by atoms with Crippen LogP contribution in [0.15, 0.2) is 30.3 Å². The highest BCUT2D eigenvalue weighted by molar-refractivity contribution is 5.59. The Hall–Kier alpha value is -2.94. The van der Waals surface area contributed by atoms with Crippen molar-refractivity contribution >= 4 is 5.69 Å². The molecule has 0 atom stereocenters. The van der Waals surface area contributed by atoms with Crippen LogP contribution in [-0.4, -0.2) is 11.9 Å². The predicted octanol–water partition coefficient (Wildman–Crippen LogP) is 2.74. The van der Waals surface area contributed by atoms with Gasteiger partial charge in [-0.15, -0.1) is 0 Å². The van der Waals surface area contributed by atoms with Crippen molar-refractivity contribution in [2.75, 3.05) is 12.1 Å². The SMILES string of the molecule is N#Cc1cc(F)ccc1NCc1cc2c(cc1O)OCO2. The van der Waals surface area contributed by atoms with E-state index in [0.717, 1.165) is 6.07 Å². The summed E-state index contributed by atoms with van der Waals surface area (Å²) >= 11 is 0. The second-order valence-corrected chi connectivity index (χ2v) is 4.49. The largest absolute Gasteiger partial charge is 0.507 e. The van der Waals surface area contributed by atoms with Crippen molar-refractivity contribution in [3.63, 3.8) is 0 Å². The lowest BCUT2D eigenvalue weighted by Gasteiger charge is -2.10. The monoisotopic (exact) mass is 286 g/mol. The predicted molar refractivity (Wildman–Crippen MR) is 72.7 cm³/mol. The number of anilines is 1. The maximum Gasteiger partial charge on any atom is 0.231 e. The summed E-state index contributed by atoms with van der Waals surface area (Å²) in [6, 6.07) is 8.97. The summed E-state index contributed by atoms with van der Waals surface area (Å²) in [5, 5.41) is 21.9. The Balaban J connectivity index is 1.81. The molecule has 1 aliphatic heterocycles. The van der Waals surface area contributed by atoms with E-state index in [4.69, 9.17) is 14.7 Å². The van der Waals surface area contributed by atoms with Gasteiger partial charge in [0, 0.05) is 18.2 Å². The first kappa shape index (κ1) is 13.1. The van der Waals surface area contributed by atoms with Gasteiger partial charge in [0.15, 0.2) is 11.5 Å². The molecule has 0 saturated heterocycles. The minimum Gasteiger partial charge on any atom is -0.507 e. The molecule has 0 aliphatic carbocycles. The first-order valence-electron chi connectivity index (χ1n) is 6.22. The molecule has 0 radical (unpaired) electrons. The van der Waals surface area contributed by atoms with E-state index in [1.54, 1.807) is 6.07 Å². The molecule has 2 N–H and O–H groups in total. The summed E-state index contributed by atoms with van der Waals surface area (Å²) in [5.74, 6) is 0.648. The number of rotatable bonds is 3. The van der Waals surface area contributed by atoms with Crippen molar-refractivity contribution in [3.8, 4) is 23.3 Å². The molecule has 2 aromatic carbocycles. The Labute approximate surface area is 120 Å². The van der Waals surface area contributed by atoms with Crippen LogP contribution in [0, 0.1) is 17.1 Å². The van der Waals surface area contributed by atoms with Gasteiger partial charge in [-0.2, -0.15) is 5.26 Å². The molecule has 1 aliphatic rings. The number of benzene rings is 2. The fourth-order valence-electron chi connectivity index (χ4n) is 2.07. The van der Waals surface area contributed by atoms with E-state index in [1.807, 2.05) is 6.07 Å². The normalized spacial score (nSPS) is 12.0. The number of fused-ring (bicyclic) bond motifs is 1. The van der Waals surface area contributed by atoms with Gasteiger partial charge in [0.05, 0.1) is 11.3 Å². The lowest BCUT2D eigenvalue weighted by atomic mass is 10.1. The third kappa shape index (κ3) is 2.54. The Morgan fingerprint density at radius 1 is 1.24 bits per heavy atom. The van der Waals surface area contributed by atoms with Gasteiger partial charge in [0.1, 0.15) is 17.6 Å². The lowest BCUT2D eigenvalue weighted by Crippen LogP contribution is -2.02. The third-order valence-corrected chi connectivity index (χ3v) is 3.15. The Morgan fingerprint density at radius 3 is 2.76 bits per heavy atom.